The van der Waals surface area contributed by atoms with E-state index in [-0.39, 0.29) is 5.91 Å². The number of hydrogen-bond donors (Lipinski definition) is 0. The molecule has 1 saturated heterocycles. The van der Waals surface area contributed by atoms with Gasteiger partial charge in [-0.3, -0.25) is 4.79 Å². The first-order valence-electron chi connectivity index (χ1n) is 8.10. The molecule has 2 aromatic heterocycles. The molecule has 1 amide bonds. The zero-order valence-electron chi connectivity index (χ0n) is 12.9. The van der Waals surface area contributed by atoms with Crippen LogP contribution in [0.1, 0.15) is 34.7 Å². The van der Waals surface area contributed by atoms with Gasteiger partial charge in [0.2, 0.25) is 5.76 Å². The van der Waals surface area contributed by atoms with E-state index in [0.717, 1.165) is 37.4 Å². The van der Waals surface area contributed by atoms with Crippen LogP contribution < -0.4 is 4.90 Å². The fourth-order valence-corrected chi connectivity index (χ4v) is 3.40. The Hall–Kier alpha value is -2.44. The zero-order valence-corrected chi connectivity index (χ0v) is 12.9. The predicted octanol–water partition coefficient (Wildman–Crippen LogP) is 1.31. The van der Waals surface area contributed by atoms with Crippen molar-refractivity contribution in [3.63, 3.8) is 0 Å². The first-order chi connectivity index (χ1) is 11.3. The van der Waals surface area contributed by atoms with Crippen molar-refractivity contribution in [2.45, 2.75) is 25.7 Å². The van der Waals surface area contributed by atoms with E-state index < -0.39 is 0 Å². The summed E-state index contributed by atoms with van der Waals surface area (Å²) in [5.41, 5.74) is 2.26. The van der Waals surface area contributed by atoms with Gasteiger partial charge in [0.15, 0.2) is 0 Å². The molecule has 120 valence electrons. The molecule has 2 aromatic rings. The molecule has 23 heavy (non-hydrogen) atoms. The van der Waals surface area contributed by atoms with E-state index in [0.29, 0.717) is 18.8 Å². The van der Waals surface area contributed by atoms with Gasteiger partial charge in [0, 0.05) is 44.2 Å². The third-order valence-electron chi connectivity index (χ3n) is 4.60. The molecule has 0 aliphatic carbocycles. The quantitative estimate of drug-likeness (QED) is 0.832. The maximum atomic E-state index is 12.5. The molecular weight excluding hydrogens is 294 g/mol. The third kappa shape index (κ3) is 2.67. The molecular formula is C16H19N5O2. The summed E-state index contributed by atoms with van der Waals surface area (Å²) in [7, 11) is 0. The fourth-order valence-electron chi connectivity index (χ4n) is 3.40. The lowest BCUT2D eigenvalue weighted by Gasteiger charge is -2.21. The average molecular weight is 313 g/mol. The summed E-state index contributed by atoms with van der Waals surface area (Å²) in [5.74, 6) is 1.24. The molecule has 0 bridgehead atoms. The smallest absolute Gasteiger partial charge is 0.292 e. The third-order valence-corrected chi connectivity index (χ3v) is 4.60. The normalized spacial score (nSPS) is 17.9. The van der Waals surface area contributed by atoms with Crippen LogP contribution >= 0.6 is 0 Å². The van der Waals surface area contributed by atoms with Crippen molar-refractivity contribution in [3.05, 3.63) is 35.6 Å². The van der Waals surface area contributed by atoms with Crippen LogP contribution in [0.4, 0.5) is 5.82 Å². The minimum absolute atomic E-state index is 0.106. The Morgan fingerprint density at radius 1 is 1.09 bits per heavy atom. The van der Waals surface area contributed by atoms with Crippen molar-refractivity contribution in [1.29, 1.82) is 0 Å². The molecule has 7 heteroatoms. The number of aromatic nitrogens is 3. The van der Waals surface area contributed by atoms with Gasteiger partial charge in [-0.15, -0.1) is 0 Å². The van der Waals surface area contributed by atoms with Crippen LogP contribution in [0.2, 0.25) is 0 Å². The number of anilines is 1. The van der Waals surface area contributed by atoms with Gasteiger partial charge in [-0.05, 0) is 19.3 Å². The highest BCUT2D eigenvalue weighted by molar-refractivity contribution is 5.91. The van der Waals surface area contributed by atoms with Crippen LogP contribution in [0.15, 0.2) is 23.1 Å². The Morgan fingerprint density at radius 3 is 2.70 bits per heavy atom. The van der Waals surface area contributed by atoms with Crippen molar-refractivity contribution in [1.82, 2.24) is 20.0 Å². The topological polar surface area (TPSA) is 75.4 Å². The van der Waals surface area contributed by atoms with Crippen LogP contribution in [0.25, 0.3) is 0 Å². The van der Waals surface area contributed by atoms with Crippen molar-refractivity contribution in [2.24, 2.45) is 0 Å². The summed E-state index contributed by atoms with van der Waals surface area (Å²) in [6.07, 6.45) is 7.11. The Kier molecular flexibility index (Phi) is 3.69. The minimum Gasteiger partial charge on any atom is -0.356 e. The van der Waals surface area contributed by atoms with Gasteiger partial charge in [0.25, 0.3) is 5.91 Å². The number of nitrogens with zero attached hydrogens (tertiary/aromatic N) is 5. The maximum absolute atomic E-state index is 12.5. The van der Waals surface area contributed by atoms with E-state index in [2.05, 4.69) is 20.0 Å². The van der Waals surface area contributed by atoms with Gasteiger partial charge in [-0.1, -0.05) is 5.16 Å². The van der Waals surface area contributed by atoms with Gasteiger partial charge in [-0.2, -0.15) is 0 Å². The summed E-state index contributed by atoms with van der Waals surface area (Å²) in [4.78, 5) is 25.6. The Balaban J connectivity index is 1.56. The first-order valence-corrected chi connectivity index (χ1v) is 8.10. The predicted molar refractivity (Wildman–Crippen MR) is 83.3 cm³/mol. The summed E-state index contributed by atoms with van der Waals surface area (Å²) in [6.45, 7) is 3.41. The van der Waals surface area contributed by atoms with E-state index in [1.54, 1.807) is 12.4 Å². The summed E-state index contributed by atoms with van der Waals surface area (Å²) in [6, 6.07) is 1.61. The van der Waals surface area contributed by atoms with Gasteiger partial charge >= 0.3 is 0 Å². The van der Waals surface area contributed by atoms with Gasteiger partial charge in [0.1, 0.15) is 12.1 Å². The highest BCUT2D eigenvalue weighted by atomic mass is 16.5. The lowest BCUT2D eigenvalue weighted by atomic mass is 10.1. The van der Waals surface area contributed by atoms with Crippen LogP contribution in [-0.4, -0.2) is 52.1 Å². The van der Waals surface area contributed by atoms with Crippen molar-refractivity contribution >= 4 is 11.7 Å². The van der Waals surface area contributed by atoms with Crippen molar-refractivity contribution in [3.8, 4) is 0 Å². The molecule has 0 spiro atoms. The monoisotopic (exact) mass is 313 g/mol. The van der Waals surface area contributed by atoms with Crippen LogP contribution in [0.5, 0.6) is 0 Å². The first kappa shape index (κ1) is 14.2. The maximum Gasteiger partial charge on any atom is 0.292 e. The van der Waals surface area contributed by atoms with E-state index in [1.165, 1.54) is 24.6 Å². The molecule has 2 aliphatic rings. The summed E-state index contributed by atoms with van der Waals surface area (Å²) < 4.78 is 4.99. The second kappa shape index (κ2) is 5.98. The molecule has 0 aromatic carbocycles. The van der Waals surface area contributed by atoms with Crippen molar-refractivity contribution in [2.75, 3.05) is 31.1 Å². The summed E-state index contributed by atoms with van der Waals surface area (Å²) in [5, 5.41) is 3.62. The van der Waals surface area contributed by atoms with E-state index in [1.807, 2.05) is 4.90 Å². The van der Waals surface area contributed by atoms with Crippen LogP contribution in [0, 0.1) is 0 Å². The number of amides is 1. The fraction of sp³-hybridized carbons (Fsp3) is 0.500. The highest BCUT2D eigenvalue weighted by Gasteiger charge is 2.26. The Morgan fingerprint density at radius 2 is 1.91 bits per heavy atom. The molecule has 2 aliphatic heterocycles. The molecule has 4 rings (SSSR count). The molecule has 0 N–H and O–H groups in total. The average Bonchev–Trinajstić information content (AvgIpc) is 3.24. The Bertz CT molecular complexity index is 695. The number of fused-ring (bicyclic) bond motifs is 1. The molecule has 0 radical (unpaired) electrons. The van der Waals surface area contributed by atoms with Gasteiger partial charge in [0.05, 0.1) is 11.9 Å². The molecule has 4 heterocycles. The van der Waals surface area contributed by atoms with E-state index in [9.17, 15) is 4.79 Å². The Labute approximate surface area is 134 Å². The SMILES string of the molecule is O=C(c1ccno1)N1CCc2ncnc(N3CCCC3)c2CC1. The second-order valence-electron chi connectivity index (χ2n) is 5.99. The molecule has 1 fully saturated rings. The lowest BCUT2D eigenvalue weighted by molar-refractivity contribution is 0.0721. The van der Waals surface area contributed by atoms with E-state index in [4.69, 9.17) is 4.52 Å². The highest BCUT2D eigenvalue weighted by Crippen LogP contribution is 2.26. The molecule has 7 nitrogen and oxygen atoms in total. The molecule has 0 atom stereocenters. The van der Waals surface area contributed by atoms with Crippen molar-refractivity contribution < 1.29 is 9.32 Å². The standard InChI is InChI=1S/C16H19N5O2/c22-16(14-3-6-19-23-14)21-9-4-12-13(5-10-21)17-11-18-15(12)20-7-1-2-8-20/h3,6,11H,1-2,4-5,7-10H2. The van der Waals surface area contributed by atoms with Gasteiger partial charge in [-0.25, -0.2) is 9.97 Å². The number of rotatable bonds is 2. The minimum atomic E-state index is -0.106. The lowest BCUT2D eigenvalue weighted by Crippen LogP contribution is -2.33. The number of carbonyl (C=O) groups is 1. The van der Waals surface area contributed by atoms with Gasteiger partial charge < -0.3 is 14.3 Å². The number of hydrogen-bond acceptors (Lipinski definition) is 6. The number of carbonyl (C=O) groups excluding carboxylic acids is 1. The second-order valence-corrected chi connectivity index (χ2v) is 5.99. The van der Waals surface area contributed by atoms with Crippen LogP contribution in [-0.2, 0) is 12.8 Å². The van der Waals surface area contributed by atoms with Crippen LogP contribution in [0.3, 0.4) is 0 Å². The largest absolute Gasteiger partial charge is 0.356 e. The zero-order chi connectivity index (χ0) is 15.6. The molecule has 0 saturated carbocycles. The molecule has 0 unspecified atom stereocenters. The summed E-state index contributed by atoms with van der Waals surface area (Å²) >= 11 is 0. The van der Waals surface area contributed by atoms with E-state index >= 15 is 0 Å².